The Morgan fingerprint density at radius 3 is 2.54 bits per heavy atom. The Hall–Kier alpha value is -0.790. The first kappa shape index (κ1) is 12.2. The summed E-state index contributed by atoms with van der Waals surface area (Å²) < 4.78 is 4.99. The van der Waals surface area contributed by atoms with Crippen molar-refractivity contribution in [3.8, 4) is 0 Å². The number of carbonyl (C=O) groups excluding carboxylic acids is 1. The van der Waals surface area contributed by atoms with Crippen molar-refractivity contribution in [2.45, 2.75) is 33.6 Å². The summed E-state index contributed by atoms with van der Waals surface area (Å²) in [6.07, 6.45) is 3.38. The Balaban J connectivity index is 3.71. The summed E-state index contributed by atoms with van der Waals surface area (Å²) in [5, 5.41) is 0. The molecule has 0 aliphatic rings. The van der Waals surface area contributed by atoms with E-state index in [0.29, 0.717) is 18.4 Å². The van der Waals surface area contributed by atoms with Gasteiger partial charge in [-0.25, -0.2) is 4.79 Å². The lowest BCUT2D eigenvalue weighted by atomic mass is 9.96. The molecule has 0 radical (unpaired) electrons. The van der Waals surface area contributed by atoms with Crippen LogP contribution in [0.3, 0.4) is 0 Å². The second-order valence-corrected chi connectivity index (χ2v) is 3.74. The maximum Gasteiger partial charge on any atom is 0.330 e. The second kappa shape index (κ2) is 6.70. The molecule has 0 aromatic rings. The molecule has 0 fully saturated rings. The quantitative estimate of drug-likeness (QED) is 0.468. The van der Waals surface area contributed by atoms with E-state index >= 15 is 0 Å². The lowest BCUT2D eigenvalue weighted by molar-refractivity contribution is -0.139. The first-order valence-corrected chi connectivity index (χ1v) is 4.89. The van der Waals surface area contributed by atoms with Crippen molar-refractivity contribution in [1.29, 1.82) is 0 Å². The smallest absolute Gasteiger partial charge is 0.330 e. The van der Waals surface area contributed by atoms with E-state index in [1.165, 1.54) is 6.08 Å². The van der Waals surface area contributed by atoms with Gasteiger partial charge in [0.25, 0.3) is 0 Å². The van der Waals surface area contributed by atoms with Gasteiger partial charge in [-0.3, -0.25) is 0 Å². The van der Waals surface area contributed by atoms with Crippen molar-refractivity contribution in [1.82, 2.24) is 0 Å². The molecular formula is C11H20O2. The number of esters is 1. The molecule has 13 heavy (non-hydrogen) atoms. The SMILES string of the molecule is C=CC(=O)OCC(CC)CC(C)C. The molecule has 2 heteroatoms. The van der Waals surface area contributed by atoms with Crippen LogP contribution in [-0.4, -0.2) is 12.6 Å². The van der Waals surface area contributed by atoms with Crippen molar-refractivity contribution in [3.05, 3.63) is 12.7 Å². The van der Waals surface area contributed by atoms with Gasteiger partial charge in [0, 0.05) is 6.08 Å². The molecule has 0 aromatic heterocycles. The first-order chi connectivity index (χ1) is 6.10. The molecule has 0 aromatic carbocycles. The predicted molar refractivity (Wildman–Crippen MR) is 54.4 cm³/mol. The number of ether oxygens (including phenoxy) is 1. The van der Waals surface area contributed by atoms with Gasteiger partial charge in [0.1, 0.15) is 0 Å². The fourth-order valence-corrected chi connectivity index (χ4v) is 1.28. The Morgan fingerprint density at radius 2 is 2.15 bits per heavy atom. The second-order valence-electron chi connectivity index (χ2n) is 3.74. The third-order valence-electron chi connectivity index (χ3n) is 2.01. The van der Waals surface area contributed by atoms with Crippen LogP contribution in [0.2, 0.25) is 0 Å². The first-order valence-electron chi connectivity index (χ1n) is 4.89. The van der Waals surface area contributed by atoms with Crippen LogP contribution >= 0.6 is 0 Å². The molecule has 0 aliphatic carbocycles. The molecule has 0 bridgehead atoms. The summed E-state index contributed by atoms with van der Waals surface area (Å²) >= 11 is 0. The summed E-state index contributed by atoms with van der Waals surface area (Å²) in [4.78, 5) is 10.8. The fourth-order valence-electron chi connectivity index (χ4n) is 1.28. The van der Waals surface area contributed by atoms with E-state index in [-0.39, 0.29) is 5.97 Å². The van der Waals surface area contributed by atoms with Gasteiger partial charge in [-0.15, -0.1) is 0 Å². The van der Waals surface area contributed by atoms with E-state index in [0.717, 1.165) is 12.8 Å². The van der Waals surface area contributed by atoms with Gasteiger partial charge in [-0.1, -0.05) is 33.8 Å². The largest absolute Gasteiger partial charge is 0.462 e. The summed E-state index contributed by atoms with van der Waals surface area (Å²) in [5.41, 5.74) is 0. The van der Waals surface area contributed by atoms with Crippen LogP contribution in [0.15, 0.2) is 12.7 Å². The molecule has 0 N–H and O–H groups in total. The number of hydrogen-bond donors (Lipinski definition) is 0. The number of rotatable bonds is 6. The molecule has 1 atom stereocenters. The van der Waals surface area contributed by atoms with Gasteiger partial charge >= 0.3 is 5.97 Å². The Bertz CT molecular complexity index is 161. The Labute approximate surface area is 81.0 Å². The van der Waals surface area contributed by atoms with Crippen LogP contribution in [0, 0.1) is 11.8 Å². The molecule has 2 nitrogen and oxygen atoms in total. The fraction of sp³-hybridized carbons (Fsp3) is 0.727. The zero-order chi connectivity index (χ0) is 10.3. The van der Waals surface area contributed by atoms with Gasteiger partial charge in [0.15, 0.2) is 0 Å². The zero-order valence-electron chi connectivity index (χ0n) is 8.88. The Morgan fingerprint density at radius 1 is 1.54 bits per heavy atom. The molecule has 0 rings (SSSR count). The van der Waals surface area contributed by atoms with E-state index in [1.54, 1.807) is 0 Å². The third kappa shape index (κ3) is 6.38. The topological polar surface area (TPSA) is 26.3 Å². The zero-order valence-corrected chi connectivity index (χ0v) is 8.88. The van der Waals surface area contributed by atoms with Gasteiger partial charge in [-0.05, 0) is 18.3 Å². The number of carbonyl (C=O) groups is 1. The lowest BCUT2D eigenvalue weighted by Crippen LogP contribution is -2.14. The average molecular weight is 184 g/mol. The molecular weight excluding hydrogens is 164 g/mol. The highest BCUT2D eigenvalue weighted by Crippen LogP contribution is 2.15. The third-order valence-corrected chi connectivity index (χ3v) is 2.01. The predicted octanol–water partition coefficient (Wildman–Crippen LogP) is 2.79. The lowest BCUT2D eigenvalue weighted by Gasteiger charge is -2.16. The van der Waals surface area contributed by atoms with E-state index in [2.05, 4.69) is 27.4 Å². The van der Waals surface area contributed by atoms with Crippen LogP contribution in [0.5, 0.6) is 0 Å². The van der Waals surface area contributed by atoms with Crippen LogP contribution in [0.1, 0.15) is 33.6 Å². The van der Waals surface area contributed by atoms with Crippen molar-refractivity contribution in [2.75, 3.05) is 6.61 Å². The minimum Gasteiger partial charge on any atom is -0.462 e. The standard InChI is InChI=1S/C11H20O2/c1-5-10(7-9(3)4)8-13-11(12)6-2/h6,9-10H,2,5,7-8H2,1,3-4H3. The minimum atomic E-state index is -0.317. The number of hydrogen-bond acceptors (Lipinski definition) is 2. The van der Waals surface area contributed by atoms with Crippen LogP contribution in [0.4, 0.5) is 0 Å². The molecule has 0 aliphatic heterocycles. The van der Waals surface area contributed by atoms with E-state index in [9.17, 15) is 4.79 Å². The highest BCUT2D eigenvalue weighted by atomic mass is 16.5. The minimum absolute atomic E-state index is 0.317. The van der Waals surface area contributed by atoms with E-state index < -0.39 is 0 Å². The highest BCUT2D eigenvalue weighted by molar-refractivity contribution is 5.81. The highest BCUT2D eigenvalue weighted by Gasteiger charge is 2.10. The summed E-state index contributed by atoms with van der Waals surface area (Å²) in [6, 6.07) is 0. The molecule has 76 valence electrons. The van der Waals surface area contributed by atoms with Crippen LogP contribution in [-0.2, 0) is 9.53 Å². The summed E-state index contributed by atoms with van der Waals surface area (Å²) in [7, 11) is 0. The molecule has 0 amide bonds. The van der Waals surface area contributed by atoms with Gasteiger partial charge in [0.05, 0.1) is 6.61 Å². The Kier molecular flexibility index (Phi) is 6.29. The summed E-state index contributed by atoms with van der Waals surface area (Å²) in [5.74, 6) is 0.832. The van der Waals surface area contributed by atoms with Crippen LogP contribution in [0.25, 0.3) is 0 Å². The summed E-state index contributed by atoms with van der Waals surface area (Å²) in [6.45, 7) is 10.4. The van der Waals surface area contributed by atoms with Crippen LogP contribution < -0.4 is 0 Å². The van der Waals surface area contributed by atoms with E-state index in [4.69, 9.17) is 4.74 Å². The maximum absolute atomic E-state index is 10.8. The van der Waals surface area contributed by atoms with Gasteiger partial charge in [0.2, 0.25) is 0 Å². The molecule has 0 saturated heterocycles. The van der Waals surface area contributed by atoms with Crippen molar-refractivity contribution < 1.29 is 9.53 Å². The van der Waals surface area contributed by atoms with Crippen molar-refractivity contribution in [2.24, 2.45) is 11.8 Å². The molecule has 0 heterocycles. The molecule has 0 saturated carbocycles. The average Bonchev–Trinajstić information content (AvgIpc) is 2.10. The van der Waals surface area contributed by atoms with Gasteiger partial charge < -0.3 is 4.74 Å². The molecule has 1 unspecified atom stereocenters. The monoisotopic (exact) mass is 184 g/mol. The maximum atomic E-state index is 10.8. The van der Waals surface area contributed by atoms with Crippen molar-refractivity contribution in [3.63, 3.8) is 0 Å². The van der Waals surface area contributed by atoms with Gasteiger partial charge in [-0.2, -0.15) is 0 Å². The normalized spacial score (nSPS) is 12.6. The van der Waals surface area contributed by atoms with E-state index in [1.807, 2.05) is 0 Å². The van der Waals surface area contributed by atoms with Crippen molar-refractivity contribution >= 4 is 5.97 Å². The molecule has 0 spiro atoms.